The predicted octanol–water partition coefficient (Wildman–Crippen LogP) is 5.08. The minimum absolute atomic E-state index is 0.0200. The summed E-state index contributed by atoms with van der Waals surface area (Å²) in [5.41, 5.74) is 0.198. The molecule has 2 aromatic rings. The second kappa shape index (κ2) is 10.1. The van der Waals surface area contributed by atoms with Gasteiger partial charge in [-0.25, -0.2) is 4.98 Å². The summed E-state index contributed by atoms with van der Waals surface area (Å²) in [6.07, 6.45) is 0.708. The molecule has 0 amide bonds. The Morgan fingerprint density at radius 2 is 2.09 bits per heavy atom. The highest BCUT2D eigenvalue weighted by Crippen LogP contribution is 2.39. The van der Waals surface area contributed by atoms with Crippen LogP contribution in [0.3, 0.4) is 0 Å². The molecule has 6 nitrogen and oxygen atoms in total. The molecule has 0 aliphatic carbocycles. The Kier molecular flexibility index (Phi) is 7.65. The van der Waals surface area contributed by atoms with Crippen LogP contribution in [0.5, 0.6) is 5.75 Å². The van der Waals surface area contributed by atoms with Gasteiger partial charge in [-0.05, 0) is 36.0 Å². The van der Waals surface area contributed by atoms with Crippen LogP contribution in [0.25, 0.3) is 10.4 Å². The predicted molar refractivity (Wildman–Crippen MR) is 117 cm³/mol. The number of nitriles is 1. The molecule has 178 valence electrons. The fourth-order valence-corrected chi connectivity index (χ4v) is 5.04. The molecule has 3 rings (SSSR count). The van der Waals surface area contributed by atoms with Crippen LogP contribution in [0.2, 0.25) is 0 Å². The fraction of sp³-hybridized carbons (Fsp3) is 0.522. The summed E-state index contributed by atoms with van der Waals surface area (Å²) in [6.45, 7) is 4.71. The van der Waals surface area contributed by atoms with Crippen molar-refractivity contribution in [1.82, 2.24) is 9.88 Å². The van der Waals surface area contributed by atoms with Crippen LogP contribution < -0.4 is 4.74 Å². The largest absolute Gasteiger partial charge is 0.469 e. The number of rotatable bonds is 6. The molecule has 1 aromatic heterocycles. The quantitative estimate of drug-likeness (QED) is 0.536. The van der Waals surface area contributed by atoms with Crippen LogP contribution >= 0.6 is 11.3 Å². The zero-order valence-corrected chi connectivity index (χ0v) is 19.7. The molecule has 1 aliphatic heterocycles. The lowest BCUT2D eigenvalue weighted by Gasteiger charge is -2.42. The minimum Gasteiger partial charge on any atom is -0.469 e. The summed E-state index contributed by atoms with van der Waals surface area (Å²) in [7, 11) is 1.37. The van der Waals surface area contributed by atoms with Crippen molar-refractivity contribution >= 4 is 17.3 Å². The average molecular weight is 482 g/mol. The third kappa shape index (κ3) is 6.03. The van der Waals surface area contributed by atoms with Crippen molar-refractivity contribution in [3.8, 4) is 22.3 Å². The van der Waals surface area contributed by atoms with E-state index >= 15 is 0 Å². The van der Waals surface area contributed by atoms with Gasteiger partial charge in [0.15, 0.2) is 0 Å². The molecule has 0 radical (unpaired) electrons. The number of benzene rings is 1. The van der Waals surface area contributed by atoms with E-state index in [1.807, 2.05) is 11.0 Å². The number of carbonyl (C=O) groups is 1. The highest BCUT2D eigenvalue weighted by molar-refractivity contribution is 7.15. The van der Waals surface area contributed by atoms with Gasteiger partial charge in [-0.2, -0.15) is 18.4 Å². The fourth-order valence-electron chi connectivity index (χ4n) is 4.03. The van der Waals surface area contributed by atoms with Gasteiger partial charge < -0.3 is 9.47 Å². The molecule has 0 bridgehead atoms. The highest BCUT2D eigenvalue weighted by atomic mass is 32.1. The normalized spacial score (nSPS) is 19.4. The zero-order chi connectivity index (χ0) is 24.3. The lowest BCUT2D eigenvalue weighted by molar-refractivity contribution is -0.149. The molecular weight excluding hydrogens is 455 g/mol. The summed E-state index contributed by atoms with van der Waals surface area (Å²) in [4.78, 5) is 18.3. The Hall–Kier alpha value is -2.64. The number of halogens is 3. The van der Waals surface area contributed by atoms with Crippen LogP contribution in [-0.4, -0.2) is 42.7 Å². The first-order valence-electron chi connectivity index (χ1n) is 10.5. The third-order valence-corrected chi connectivity index (χ3v) is 6.89. The smallest absolute Gasteiger partial charge is 0.387 e. The summed E-state index contributed by atoms with van der Waals surface area (Å²) < 4.78 is 50.0. The van der Waals surface area contributed by atoms with E-state index in [-0.39, 0.29) is 45.0 Å². The minimum atomic E-state index is -3.09. The van der Waals surface area contributed by atoms with Crippen LogP contribution in [0.1, 0.15) is 37.8 Å². The molecular formula is C23H26F3N3O3S. The number of carbonyl (C=O) groups excluding carboxylic acids is 1. The average Bonchev–Trinajstić information content (AvgIpc) is 3.11. The first-order valence-corrected chi connectivity index (χ1v) is 11.3. The zero-order valence-electron chi connectivity index (χ0n) is 18.9. The number of ether oxygens (including phenoxy) is 2. The number of piperidine rings is 1. The molecule has 1 aliphatic rings. The molecule has 33 heavy (non-hydrogen) atoms. The van der Waals surface area contributed by atoms with Gasteiger partial charge in [0.2, 0.25) is 5.95 Å². The molecule has 10 heteroatoms. The Bertz CT molecular complexity index is 1050. The maximum Gasteiger partial charge on any atom is 0.387 e. The lowest BCUT2D eigenvalue weighted by Crippen LogP contribution is -2.46. The Labute approximate surface area is 194 Å². The Balaban J connectivity index is 1.89. The molecule has 0 N–H and O–H groups in total. The maximum atomic E-state index is 14.8. The van der Waals surface area contributed by atoms with E-state index in [1.54, 1.807) is 0 Å². The number of thiazole rings is 1. The maximum absolute atomic E-state index is 14.8. The molecule has 0 spiro atoms. The second-order valence-corrected chi connectivity index (χ2v) is 10.2. The third-order valence-electron chi connectivity index (χ3n) is 5.84. The number of esters is 1. The van der Waals surface area contributed by atoms with Crippen molar-refractivity contribution in [3.63, 3.8) is 0 Å². The number of methoxy groups -OCH3 is 1. The van der Waals surface area contributed by atoms with Gasteiger partial charge in [-0.15, -0.1) is 11.3 Å². The van der Waals surface area contributed by atoms with Crippen LogP contribution in [0, 0.1) is 34.5 Å². The lowest BCUT2D eigenvalue weighted by atomic mass is 9.73. The number of likely N-dealkylation sites (tertiary alicyclic amines) is 1. The van der Waals surface area contributed by atoms with Gasteiger partial charge in [0, 0.05) is 18.7 Å². The number of hydrogen-bond donors (Lipinski definition) is 0. The van der Waals surface area contributed by atoms with Crippen molar-refractivity contribution in [2.45, 2.75) is 40.3 Å². The van der Waals surface area contributed by atoms with Gasteiger partial charge >= 0.3 is 12.6 Å². The molecule has 2 atom stereocenters. The van der Waals surface area contributed by atoms with E-state index in [2.05, 4.69) is 30.5 Å². The topological polar surface area (TPSA) is 75.5 Å². The van der Waals surface area contributed by atoms with Crippen molar-refractivity contribution in [2.24, 2.45) is 17.3 Å². The summed E-state index contributed by atoms with van der Waals surface area (Å²) in [6, 6.07) is 5.77. The van der Waals surface area contributed by atoms with E-state index in [4.69, 9.17) is 10.00 Å². The monoisotopic (exact) mass is 481 g/mol. The van der Waals surface area contributed by atoms with Gasteiger partial charge in [0.05, 0.1) is 36.1 Å². The van der Waals surface area contributed by atoms with E-state index < -0.39 is 12.6 Å². The molecule has 1 aromatic carbocycles. The molecule has 0 unspecified atom stereocenters. The van der Waals surface area contributed by atoms with Gasteiger partial charge in [-0.3, -0.25) is 9.69 Å². The van der Waals surface area contributed by atoms with Gasteiger partial charge in [0.1, 0.15) is 10.8 Å². The van der Waals surface area contributed by atoms with Crippen molar-refractivity contribution in [1.29, 1.82) is 5.26 Å². The van der Waals surface area contributed by atoms with E-state index in [1.165, 1.54) is 25.3 Å². The van der Waals surface area contributed by atoms with Gasteiger partial charge in [0.25, 0.3) is 0 Å². The van der Waals surface area contributed by atoms with Crippen LogP contribution in [-0.2, 0) is 16.1 Å². The first-order chi connectivity index (χ1) is 15.5. The SMILES string of the molecule is COC(=O)[C@@H]1C[C@@H](C(C)(C)C)CN(Cc2nc(F)c(-c3cc(C#N)ccc3OC(F)F)s2)C1. The Morgan fingerprint density at radius 1 is 1.36 bits per heavy atom. The molecule has 0 saturated carbocycles. The van der Waals surface area contributed by atoms with Crippen LogP contribution in [0.15, 0.2) is 18.2 Å². The number of aromatic nitrogens is 1. The van der Waals surface area contributed by atoms with E-state index in [9.17, 15) is 18.0 Å². The summed E-state index contributed by atoms with van der Waals surface area (Å²) >= 11 is 1.01. The first kappa shape index (κ1) is 25.0. The molecule has 1 saturated heterocycles. The van der Waals surface area contributed by atoms with E-state index in [0.29, 0.717) is 31.1 Å². The second-order valence-electron chi connectivity index (χ2n) is 9.14. The van der Waals surface area contributed by atoms with Crippen molar-refractivity contribution < 1.29 is 27.4 Å². The number of hydrogen-bond acceptors (Lipinski definition) is 7. The molecule has 1 fully saturated rings. The number of alkyl halides is 2. The Morgan fingerprint density at radius 3 is 2.70 bits per heavy atom. The standard InChI is InChI=1S/C23H26F3N3O3S/c1-23(2,3)15-8-14(21(30)31-4)10-29(11-15)12-18-28-20(24)19(33-18)16-7-13(9-27)5-6-17(16)32-22(25)26/h5-7,14-15,22H,8,10-12H2,1-4H3/t14-,15-/m1/s1. The van der Waals surface area contributed by atoms with Crippen molar-refractivity contribution in [2.75, 3.05) is 20.2 Å². The van der Waals surface area contributed by atoms with Gasteiger partial charge in [-0.1, -0.05) is 20.8 Å². The molecule has 2 heterocycles. The van der Waals surface area contributed by atoms with Crippen molar-refractivity contribution in [3.05, 3.63) is 34.7 Å². The highest BCUT2D eigenvalue weighted by Gasteiger charge is 2.38. The van der Waals surface area contributed by atoms with Crippen LogP contribution in [0.4, 0.5) is 13.2 Å². The van der Waals surface area contributed by atoms with E-state index in [0.717, 1.165) is 11.3 Å². The number of nitrogens with zero attached hydrogens (tertiary/aromatic N) is 3. The summed E-state index contributed by atoms with van der Waals surface area (Å²) in [5, 5.41) is 9.60. The summed E-state index contributed by atoms with van der Waals surface area (Å²) in [5.74, 6) is -1.40.